The van der Waals surface area contributed by atoms with Crippen LogP contribution in [0.5, 0.6) is 0 Å². The maximum atomic E-state index is 5.64. The summed E-state index contributed by atoms with van der Waals surface area (Å²) in [5, 5.41) is 1.08. The number of piperidine rings is 1. The average molecular weight is 417 g/mol. The average Bonchev–Trinajstić information content (AvgIpc) is 3.50. The predicted molar refractivity (Wildman–Crippen MR) is 120 cm³/mol. The van der Waals surface area contributed by atoms with E-state index in [1.807, 2.05) is 30.6 Å². The first kappa shape index (κ1) is 19.1. The summed E-state index contributed by atoms with van der Waals surface area (Å²) in [6.45, 7) is 6.38. The summed E-state index contributed by atoms with van der Waals surface area (Å²) < 4.78 is 5.64. The summed E-state index contributed by atoms with van der Waals surface area (Å²) in [4.78, 5) is 23.4. The lowest BCUT2D eigenvalue weighted by Gasteiger charge is -2.40. The number of ether oxygens (including phenoxy) is 1. The number of rotatable bonds is 3. The Morgan fingerprint density at radius 3 is 2.55 bits per heavy atom. The number of fused-ring (bicyclic) bond motifs is 1. The number of likely N-dealkylation sites (tertiary alicyclic amines) is 1. The first-order chi connectivity index (χ1) is 15.3. The molecule has 3 aromatic heterocycles. The molecule has 0 aliphatic carbocycles. The predicted octanol–water partition coefficient (Wildman–Crippen LogP) is 3.17. The monoisotopic (exact) mass is 416 g/mol. The molecule has 0 amide bonds. The van der Waals surface area contributed by atoms with Crippen LogP contribution in [-0.4, -0.2) is 70.3 Å². The maximum Gasteiger partial charge on any atom is 0.162 e. The molecule has 0 bridgehead atoms. The van der Waals surface area contributed by atoms with E-state index in [4.69, 9.17) is 14.7 Å². The van der Waals surface area contributed by atoms with Crippen molar-refractivity contribution in [3.63, 3.8) is 0 Å². The van der Waals surface area contributed by atoms with Gasteiger partial charge in [-0.25, -0.2) is 9.97 Å². The molecule has 6 rings (SSSR count). The van der Waals surface area contributed by atoms with Crippen LogP contribution in [0.3, 0.4) is 0 Å². The lowest BCUT2D eigenvalue weighted by Crippen LogP contribution is -2.43. The third kappa shape index (κ3) is 3.55. The van der Waals surface area contributed by atoms with Crippen LogP contribution >= 0.6 is 0 Å². The van der Waals surface area contributed by atoms with E-state index in [9.17, 15) is 0 Å². The molecule has 3 aliphatic rings. The SMILES string of the molecule is c1cc(-c2nc(N3CCC4(CC3)CCN(C3CCOC3)C4)c3ccncc3n2)ccn1. The molecule has 6 heterocycles. The summed E-state index contributed by atoms with van der Waals surface area (Å²) in [5.74, 6) is 1.78. The lowest BCUT2D eigenvalue weighted by molar-refractivity contribution is 0.142. The minimum absolute atomic E-state index is 0.456. The molecule has 1 unspecified atom stereocenters. The third-order valence-corrected chi connectivity index (χ3v) is 7.43. The van der Waals surface area contributed by atoms with E-state index in [1.54, 1.807) is 12.4 Å². The Morgan fingerprint density at radius 2 is 1.74 bits per heavy atom. The highest BCUT2D eigenvalue weighted by Gasteiger charge is 2.43. The van der Waals surface area contributed by atoms with Gasteiger partial charge in [0.2, 0.25) is 0 Å². The quantitative estimate of drug-likeness (QED) is 0.650. The van der Waals surface area contributed by atoms with E-state index in [0.717, 1.165) is 54.4 Å². The summed E-state index contributed by atoms with van der Waals surface area (Å²) in [6.07, 6.45) is 12.2. The molecule has 31 heavy (non-hydrogen) atoms. The first-order valence-electron chi connectivity index (χ1n) is 11.4. The summed E-state index contributed by atoms with van der Waals surface area (Å²) in [6, 6.07) is 6.61. The van der Waals surface area contributed by atoms with Crippen molar-refractivity contribution in [2.45, 2.75) is 31.7 Å². The Bertz CT molecular complexity index is 1060. The van der Waals surface area contributed by atoms with Crippen molar-refractivity contribution in [2.75, 3.05) is 44.3 Å². The van der Waals surface area contributed by atoms with Gasteiger partial charge in [0.15, 0.2) is 5.82 Å². The molecule has 0 saturated carbocycles. The van der Waals surface area contributed by atoms with Gasteiger partial charge in [-0.1, -0.05) is 0 Å². The molecule has 3 saturated heterocycles. The van der Waals surface area contributed by atoms with Gasteiger partial charge in [0.25, 0.3) is 0 Å². The summed E-state index contributed by atoms with van der Waals surface area (Å²) in [7, 11) is 0. The fourth-order valence-electron chi connectivity index (χ4n) is 5.53. The zero-order valence-electron chi connectivity index (χ0n) is 17.8. The molecule has 1 atom stereocenters. The number of anilines is 1. The second-order valence-electron chi connectivity index (χ2n) is 9.22. The molecular weight excluding hydrogens is 388 g/mol. The molecule has 7 heteroatoms. The lowest BCUT2D eigenvalue weighted by atomic mass is 9.77. The fourth-order valence-corrected chi connectivity index (χ4v) is 5.53. The van der Waals surface area contributed by atoms with Gasteiger partial charge < -0.3 is 9.64 Å². The Labute approximate surface area is 182 Å². The molecule has 7 nitrogen and oxygen atoms in total. The molecule has 3 fully saturated rings. The van der Waals surface area contributed by atoms with Gasteiger partial charge in [-0.3, -0.25) is 14.9 Å². The first-order valence-corrected chi connectivity index (χ1v) is 11.4. The molecule has 3 aromatic rings. The Kier molecular flexibility index (Phi) is 4.80. The minimum Gasteiger partial charge on any atom is -0.380 e. The van der Waals surface area contributed by atoms with Gasteiger partial charge in [0.1, 0.15) is 5.82 Å². The highest BCUT2D eigenvalue weighted by Crippen LogP contribution is 2.43. The zero-order valence-corrected chi connectivity index (χ0v) is 17.8. The van der Waals surface area contributed by atoms with Crippen LogP contribution in [0.4, 0.5) is 5.82 Å². The number of nitrogens with zero attached hydrogens (tertiary/aromatic N) is 6. The molecule has 0 aromatic carbocycles. The van der Waals surface area contributed by atoms with Crippen LogP contribution < -0.4 is 4.90 Å². The van der Waals surface area contributed by atoms with E-state index in [-0.39, 0.29) is 0 Å². The van der Waals surface area contributed by atoms with E-state index in [2.05, 4.69) is 19.8 Å². The summed E-state index contributed by atoms with van der Waals surface area (Å²) >= 11 is 0. The van der Waals surface area contributed by atoms with Crippen LogP contribution in [0.25, 0.3) is 22.3 Å². The van der Waals surface area contributed by atoms with Gasteiger partial charge in [0.05, 0.1) is 18.3 Å². The smallest absolute Gasteiger partial charge is 0.162 e. The van der Waals surface area contributed by atoms with Crippen LogP contribution in [0.15, 0.2) is 43.0 Å². The maximum absolute atomic E-state index is 5.64. The largest absolute Gasteiger partial charge is 0.380 e. The van der Waals surface area contributed by atoms with Crippen molar-refractivity contribution in [1.82, 2.24) is 24.8 Å². The summed E-state index contributed by atoms with van der Waals surface area (Å²) in [5.41, 5.74) is 2.34. The van der Waals surface area contributed by atoms with E-state index >= 15 is 0 Å². The van der Waals surface area contributed by atoms with Crippen molar-refractivity contribution in [1.29, 1.82) is 0 Å². The topological polar surface area (TPSA) is 67.3 Å². The van der Waals surface area contributed by atoms with Gasteiger partial charge in [-0.15, -0.1) is 0 Å². The number of aromatic nitrogens is 4. The van der Waals surface area contributed by atoms with Crippen molar-refractivity contribution >= 4 is 16.7 Å². The van der Waals surface area contributed by atoms with Gasteiger partial charge in [-0.05, 0) is 55.8 Å². The van der Waals surface area contributed by atoms with Gasteiger partial charge in [0, 0.05) is 61.8 Å². The Hall–Kier alpha value is -2.64. The van der Waals surface area contributed by atoms with Gasteiger partial charge >= 0.3 is 0 Å². The number of hydrogen-bond acceptors (Lipinski definition) is 7. The van der Waals surface area contributed by atoms with E-state index < -0.39 is 0 Å². The molecule has 0 radical (unpaired) electrons. The molecule has 0 N–H and O–H groups in total. The normalized spacial score (nSPS) is 23.7. The second kappa shape index (κ2) is 7.80. The Balaban J connectivity index is 1.26. The third-order valence-electron chi connectivity index (χ3n) is 7.43. The minimum atomic E-state index is 0.456. The molecule has 1 spiro atoms. The van der Waals surface area contributed by atoms with Crippen molar-refractivity contribution in [3.05, 3.63) is 43.0 Å². The second-order valence-corrected chi connectivity index (χ2v) is 9.22. The van der Waals surface area contributed by atoms with Crippen molar-refractivity contribution in [2.24, 2.45) is 5.41 Å². The van der Waals surface area contributed by atoms with E-state index in [1.165, 1.54) is 38.8 Å². The van der Waals surface area contributed by atoms with E-state index in [0.29, 0.717) is 11.5 Å². The van der Waals surface area contributed by atoms with Crippen LogP contribution in [-0.2, 0) is 4.74 Å². The van der Waals surface area contributed by atoms with Crippen LogP contribution in [0, 0.1) is 5.41 Å². The van der Waals surface area contributed by atoms with Crippen molar-refractivity contribution in [3.8, 4) is 11.4 Å². The molecular formula is C24H28N6O. The van der Waals surface area contributed by atoms with Crippen molar-refractivity contribution < 1.29 is 4.74 Å². The standard InChI is InChI=1S/C24H28N6O/c1-8-25-9-2-18(1)22-27-21-15-26-10-3-20(21)23(28-22)29-11-5-24(6-12-29)7-13-30(17-24)19-4-14-31-16-19/h1-3,8-10,15,19H,4-7,11-14,16-17H2. The highest BCUT2D eigenvalue weighted by molar-refractivity contribution is 5.90. The molecule has 160 valence electrons. The van der Waals surface area contributed by atoms with Crippen LogP contribution in [0.2, 0.25) is 0 Å². The van der Waals surface area contributed by atoms with Gasteiger partial charge in [-0.2, -0.15) is 0 Å². The fraction of sp³-hybridized carbons (Fsp3) is 0.500. The Morgan fingerprint density at radius 1 is 0.935 bits per heavy atom. The highest BCUT2D eigenvalue weighted by atomic mass is 16.5. The number of hydrogen-bond donors (Lipinski definition) is 0. The van der Waals surface area contributed by atoms with Crippen LogP contribution in [0.1, 0.15) is 25.7 Å². The molecule has 3 aliphatic heterocycles. The number of pyridine rings is 2. The zero-order chi connectivity index (χ0) is 20.7.